The minimum absolute atomic E-state index is 0.133. The molecule has 6 heteroatoms. The quantitative estimate of drug-likeness (QED) is 0.529. The van der Waals surface area contributed by atoms with Gasteiger partial charge in [-0.3, -0.25) is 9.59 Å². The maximum Gasteiger partial charge on any atom is 0.303 e. The van der Waals surface area contributed by atoms with E-state index in [1.54, 1.807) is 12.3 Å². The van der Waals surface area contributed by atoms with E-state index in [0.29, 0.717) is 25.3 Å². The van der Waals surface area contributed by atoms with E-state index in [1.165, 1.54) is 0 Å². The fourth-order valence-corrected chi connectivity index (χ4v) is 2.50. The molecule has 0 spiro atoms. The predicted molar refractivity (Wildman–Crippen MR) is 80.6 cm³/mol. The first kappa shape index (κ1) is 16.3. The van der Waals surface area contributed by atoms with Crippen molar-refractivity contribution in [1.29, 1.82) is 0 Å². The number of carbonyl (C=O) groups excluding carboxylic acids is 1. The Labute approximate surface area is 130 Å². The average molecular weight is 306 g/mol. The highest BCUT2D eigenvalue weighted by molar-refractivity contribution is 5.83. The van der Waals surface area contributed by atoms with Gasteiger partial charge in [-0.2, -0.15) is 0 Å². The molecule has 0 bridgehead atoms. The van der Waals surface area contributed by atoms with Gasteiger partial charge in [-0.1, -0.05) is 18.9 Å². The topological polar surface area (TPSA) is 79.7 Å². The molecule has 120 valence electrons. The Morgan fingerprint density at radius 1 is 1.32 bits per heavy atom. The molecule has 0 aromatic carbocycles. The Balaban J connectivity index is 1.61. The van der Waals surface area contributed by atoms with Crippen LogP contribution in [0.4, 0.5) is 0 Å². The van der Waals surface area contributed by atoms with E-state index in [1.807, 2.05) is 17.0 Å². The van der Waals surface area contributed by atoms with Gasteiger partial charge in [-0.25, -0.2) is 4.98 Å². The molecule has 1 aromatic rings. The summed E-state index contributed by atoms with van der Waals surface area (Å²) in [6.07, 6.45) is 5.89. The lowest BCUT2D eigenvalue weighted by molar-refractivity contribution is -0.147. The van der Waals surface area contributed by atoms with Crippen molar-refractivity contribution in [1.82, 2.24) is 9.88 Å². The van der Waals surface area contributed by atoms with E-state index in [4.69, 9.17) is 9.84 Å². The molecule has 22 heavy (non-hydrogen) atoms. The minimum Gasteiger partial charge on any atom is -0.481 e. The van der Waals surface area contributed by atoms with Crippen LogP contribution in [0.1, 0.15) is 38.5 Å². The third-order valence-electron chi connectivity index (χ3n) is 3.77. The molecule has 0 unspecified atom stereocenters. The summed E-state index contributed by atoms with van der Waals surface area (Å²) in [6.45, 7) is 1.20. The van der Waals surface area contributed by atoms with Crippen molar-refractivity contribution in [3.8, 4) is 5.88 Å². The van der Waals surface area contributed by atoms with E-state index < -0.39 is 5.97 Å². The molecule has 2 heterocycles. The molecule has 1 saturated heterocycles. The summed E-state index contributed by atoms with van der Waals surface area (Å²) in [7, 11) is 0. The van der Waals surface area contributed by atoms with Crippen LogP contribution < -0.4 is 4.74 Å². The average Bonchev–Trinajstić information content (AvgIpc) is 2.51. The van der Waals surface area contributed by atoms with Crippen molar-refractivity contribution in [2.24, 2.45) is 0 Å². The fourth-order valence-electron chi connectivity index (χ4n) is 2.50. The van der Waals surface area contributed by atoms with E-state index >= 15 is 0 Å². The highest BCUT2D eigenvalue weighted by atomic mass is 16.5. The second kappa shape index (κ2) is 8.36. The normalized spacial score (nSPS) is 17.2. The van der Waals surface area contributed by atoms with E-state index in [2.05, 4.69) is 4.98 Å². The SMILES string of the molecule is O=C(O)CCCCCCN1C(=O)C[C@@H]1COc1ccccn1. The lowest BCUT2D eigenvalue weighted by atomic mass is 10.0. The van der Waals surface area contributed by atoms with Gasteiger partial charge in [0.25, 0.3) is 0 Å². The number of aliphatic carboxylic acids is 1. The van der Waals surface area contributed by atoms with E-state index in [9.17, 15) is 9.59 Å². The molecule has 1 aromatic heterocycles. The number of pyridine rings is 1. The van der Waals surface area contributed by atoms with Crippen LogP contribution in [0.15, 0.2) is 24.4 Å². The van der Waals surface area contributed by atoms with Crippen molar-refractivity contribution in [2.75, 3.05) is 13.2 Å². The summed E-state index contributed by atoms with van der Waals surface area (Å²) < 4.78 is 5.59. The molecule has 1 amide bonds. The van der Waals surface area contributed by atoms with Crippen LogP contribution in [0.2, 0.25) is 0 Å². The van der Waals surface area contributed by atoms with Crippen molar-refractivity contribution in [3.63, 3.8) is 0 Å². The Morgan fingerprint density at radius 3 is 2.82 bits per heavy atom. The van der Waals surface area contributed by atoms with Crippen LogP contribution in [0, 0.1) is 0 Å². The zero-order valence-corrected chi connectivity index (χ0v) is 12.6. The number of unbranched alkanes of at least 4 members (excludes halogenated alkanes) is 3. The molecule has 1 aliphatic rings. The number of ether oxygens (including phenoxy) is 1. The van der Waals surface area contributed by atoms with Gasteiger partial charge < -0.3 is 14.7 Å². The van der Waals surface area contributed by atoms with Gasteiger partial charge in [0, 0.05) is 25.2 Å². The number of likely N-dealkylation sites (tertiary alicyclic amines) is 1. The van der Waals surface area contributed by atoms with Crippen LogP contribution in [0.5, 0.6) is 5.88 Å². The van der Waals surface area contributed by atoms with Gasteiger partial charge >= 0.3 is 5.97 Å². The maximum atomic E-state index is 11.6. The summed E-state index contributed by atoms with van der Waals surface area (Å²) >= 11 is 0. The number of aromatic nitrogens is 1. The largest absolute Gasteiger partial charge is 0.481 e. The first-order valence-corrected chi connectivity index (χ1v) is 7.72. The lowest BCUT2D eigenvalue weighted by Gasteiger charge is -2.40. The van der Waals surface area contributed by atoms with Crippen LogP contribution >= 0.6 is 0 Å². The molecular formula is C16H22N2O4. The molecule has 1 N–H and O–H groups in total. The van der Waals surface area contributed by atoms with Crippen molar-refractivity contribution in [2.45, 2.75) is 44.6 Å². The Hall–Kier alpha value is -2.11. The van der Waals surface area contributed by atoms with Crippen molar-refractivity contribution < 1.29 is 19.4 Å². The molecule has 1 aliphatic heterocycles. The summed E-state index contributed by atoms with van der Waals surface area (Å²) in [4.78, 5) is 28.0. The third kappa shape index (κ3) is 5.02. The number of β-lactam (4-membered cyclic amide) rings is 1. The van der Waals surface area contributed by atoms with Gasteiger partial charge in [-0.15, -0.1) is 0 Å². The van der Waals surface area contributed by atoms with Crippen LogP contribution in [-0.2, 0) is 9.59 Å². The van der Waals surface area contributed by atoms with Gasteiger partial charge in [-0.05, 0) is 18.9 Å². The van der Waals surface area contributed by atoms with Crippen LogP contribution in [0.25, 0.3) is 0 Å². The Kier molecular flexibility index (Phi) is 6.18. The number of amides is 1. The molecular weight excluding hydrogens is 284 g/mol. The Morgan fingerprint density at radius 2 is 2.14 bits per heavy atom. The smallest absolute Gasteiger partial charge is 0.303 e. The third-order valence-corrected chi connectivity index (χ3v) is 3.77. The molecule has 0 radical (unpaired) electrons. The summed E-state index contributed by atoms with van der Waals surface area (Å²) in [6, 6.07) is 5.63. The van der Waals surface area contributed by atoms with Crippen LogP contribution in [0.3, 0.4) is 0 Å². The number of carboxylic acid groups (broad SMARTS) is 1. The fraction of sp³-hybridized carbons (Fsp3) is 0.562. The van der Waals surface area contributed by atoms with Gasteiger partial charge in [0.2, 0.25) is 11.8 Å². The number of carboxylic acids is 1. The lowest BCUT2D eigenvalue weighted by Crippen LogP contribution is -2.55. The van der Waals surface area contributed by atoms with Crippen molar-refractivity contribution >= 4 is 11.9 Å². The number of carbonyl (C=O) groups is 2. The maximum absolute atomic E-state index is 11.6. The van der Waals surface area contributed by atoms with E-state index in [0.717, 1.165) is 25.8 Å². The van der Waals surface area contributed by atoms with Crippen LogP contribution in [-0.4, -0.2) is 46.1 Å². The summed E-state index contributed by atoms with van der Waals surface area (Å²) in [5, 5.41) is 8.56. The molecule has 1 fully saturated rings. The number of rotatable bonds is 10. The minimum atomic E-state index is -0.746. The number of hydrogen-bond acceptors (Lipinski definition) is 4. The standard InChI is InChI=1S/C16H22N2O4/c19-15-11-13(12-22-14-7-4-5-9-17-14)18(15)10-6-2-1-3-8-16(20)21/h4-5,7,9,13H,1-3,6,8,10-12H2,(H,20,21)/t13-/m1/s1. The molecule has 0 saturated carbocycles. The number of nitrogens with zero attached hydrogens (tertiary/aromatic N) is 2. The second-order valence-electron chi connectivity index (χ2n) is 5.48. The van der Waals surface area contributed by atoms with Crippen molar-refractivity contribution in [3.05, 3.63) is 24.4 Å². The van der Waals surface area contributed by atoms with Gasteiger partial charge in [0.1, 0.15) is 6.61 Å². The highest BCUT2D eigenvalue weighted by Crippen LogP contribution is 2.21. The molecule has 2 rings (SSSR count). The predicted octanol–water partition coefficient (Wildman–Crippen LogP) is 2.10. The summed E-state index contributed by atoms with van der Waals surface area (Å²) in [5.41, 5.74) is 0. The molecule has 6 nitrogen and oxygen atoms in total. The van der Waals surface area contributed by atoms with Gasteiger partial charge in [0.15, 0.2) is 0 Å². The zero-order chi connectivity index (χ0) is 15.8. The highest BCUT2D eigenvalue weighted by Gasteiger charge is 2.35. The first-order valence-electron chi connectivity index (χ1n) is 7.72. The zero-order valence-electron chi connectivity index (χ0n) is 12.6. The monoisotopic (exact) mass is 306 g/mol. The van der Waals surface area contributed by atoms with Gasteiger partial charge in [0.05, 0.1) is 12.5 Å². The summed E-state index contributed by atoms with van der Waals surface area (Å²) in [5.74, 6) is 0.000261. The Bertz CT molecular complexity index is 492. The van der Waals surface area contributed by atoms with E-state index in [-0.39, 0.29) is 18.4 Å². The first-order chi connectivity index (χ1) is 10.7. The second-order valence-corrected chi connectivity index (χ2v) is 5.48. The molecule has 1 atom stereocenters. The molecule has 0 aliphatic carbocycles. The number of hydrogen-bond donors (Lipinski definition) is 1.